The molecule has 1 heterocycles. The number of nitrogens with one attached hydrogen (secondary N) is 1. The third-order valence-corrected chi connectivity index (χ3v) is 4.00. The van der Waals surface area contributed by atoms with E-state index in [0.717, 1.165) is 26.1 Å². The molecule has 5 heteroatoms. The van der Waals surface area contributed by atoms with Crippen LogP contribution in [0.25, 0.3) is 0 Å². The molecule has 3 N–H and O–H groups in total. The summed E-state index contributed by atoms with van der Waals surface area (Å²) in [7, 11) is 0. The number of rotatable bonds is 4. The van der Waals surface area contributed by atoms with Crippen molar-refractivity contribution in [1.82, 2.24) is 10.2 Å². The Hall–Kier alpha value is -1.26. The van der Waals surface area contributed by atoms with E-state index in [-0.39, 0.29) is 5.91 Å². The van der Waals surface area contributed by atoms with Gasteiger partial charge in [-0.3, -0.25) is 4.79 Å². The van der Waals surface area contributed by atoms with Crippen molar-refractivity contribution < 1.29 is 4.79 Å². The van der Waals surface area contributed by atoms with Crippen LogP contribution in [0.5, 0.6) is 0 Å². The fraction of sp³-hybridized carbons (Fsp3) is 0.500. The maximum atomic E-state index is 12.1. The summed E-state index contributed by atoms with van der Waals surface area (Å²) in [6, 6.07) is 5.12. The maximum Gasteiger partial charge on any atom is 0.253 e. The normalized spacial score (nSPS) is 19.6. The van der Waals surface area contributed by atoms with Crippen LogP contribution in [0, 0.1) is 5.92 Å². The van der Waals surface area contributed by atoms with Gasteiger partial charge in [-0.05, 0) is 37.6 Å². The molecule has 4 nitrogen and oxygen atoms in total. The molecular weight excluding hydrogens is 262 g/mol. The Labute approximate surface area is 118 Å². The van der Waals surface area contributed by atoms with Gasteiger partial charge in [0.2, 0.25) is 0 Å². The second-order valence-electron chi connectivity index (χ2n) is 4.96. The fourth-order valence-corrected chi connectivity index (χ4v) is 2.61. The summed E-state index contributed by atoms with van der Waals surface area (Å²) in [4.78, 5) is 14.5. The number of amides is 1. The molecule has 1 unspecified atom stereocenters. The third kappa shape index (κ3) is 3.39. The van der Waals surface area contributed by atoms with Crippen molar-refractivity contribution in [1.29, 1.82) is 0 Å². The van der Waals surface area contributed by atoms with Crippen molar-refractivity contribution in [2.45, 2.75) is 13.3 Å². The molecule has 0 aromatic heterocycles. The number of hydrogen-bond acceptors (Lipinski definition) is 3. The summed E-state index contributed by atoms with van der Waals surface area (Å²) in [6.07, 6.45) is 1.14. The highest BCUT2D eigenvalue weighted by Crippen LogP contribution is 2.22. The quantitative estimate of drug-likeness (QED) is 0.830. The minimum atomic E-state index is -0.144. The second kappa shape index (κ2) is 6.26. The molecule has 1 aromatic rings. The number of benzene rings is 1. The Bertz CT molecular complexity index is 464. The average molecular weight is 282 g/mol. The molecule has 104 valence electrons. The molecule has 0 spiro atoms. The van der Waals surface area contributed by atoms with Crippen molar-refractivity contribution in [3.63, 3.8) is 0 Å². The number of nitrogen functional groups attached to an aromatic ring is 1. The van der Waals surface area contributed by atoms with Gasteiger partial charge >= 0.3 is 0 Å². The van der Waals surface area contributed by atoms with Gasteiger partial charge in [-0.15, -0.1) is 0 Å². The van der Waals surface area contributed by atoms with Crippen LogP contribution in [-0.2, 0) is 0 Å². The predicted octanol–water partition coefficient (Wildman–Crippen LogP) is 1.99. The van der Waals surface area contributed by atoms with E-state index in [1.807, 2.05) is 0 Å². The maximum absolute atomic E-state index is 12.1. The number of nitrogens with zero attached hydrogens (tertiary/aromatic N) is 1. The lowest BCUT2D eigenvalue weighted by Gasteiger charge is -2.14. The van der Waals surface area contributed by atoms with Crippen LogP contribution in [0.4, 0.5) is 5.69 Å². The molecule has 1 fully saturated rings. The number of carbonyl (C=O) groups excluding carboxylic acids is 1. The van der Waals surface area contributed by atoms with E-state index in [9.17, 15) is 4.79 Å². The zero-order chi connectivity index (χ0) is 13.8. The molecule has 2 rings (SSSR count). The topological polar surface area (TPSA) is 58.4 Å². The lowest BCUT2D eigenvalue weighted by atomic mass is 10.1. The summed E-state index contributed by atoms with van der Waals surface area (Å²) in [5, 5.41) is 3.37. The number of hydrogen-bond donors (Lipinski definition) is 2. The SMILES string of the molecule is CCN1CCC(CNC(=O)c2cccc(Cl)c2N)C1. The summed E-state index contributed by atoms with van der Waals surface area (Å²) in [6.45, 7) is 6.11. The lowest BCUT2D eigenvalue weighted by Crippen LogP contribution is -2.31. The lowest BCUT2D eigenvalue weighted by molar-refractivity contribution is 0.0948. The van der Waals surface area contributed by atoms with Crippen LogP contribution in [0.3, 0.4) is 0 Å². The molecule has 1 aliphatic heterocycles. The summed E-state index contributed by atoms with van der Waals surface area (Å²) >= 11 is 5.91. The van der Waals surface area contributed by atoms with Crippen LogP contribution >= 0.6 is 11.6 Å². The van der Waals surface area contributed by atoms with E-state index in [1.54, 1.807) is 18.2 Å². The van der Waals surface area contributed by atoms with E-state index in [1.165, 1.54) is 0 Å². The fourth-order valence-electron chi connectivity index (χ4n) is 2.43. The first-order chi connectivity index (χ1) is 9.11. The Kier molecular flexibility index (Phi) is 4.66. The highest BCUT2D eigenvalue weighted by Gasteiger charge is 2.22. The molecule has 0 aliphatic carbocycles. The summed E-state index contributed by atoms with van der Waals surface area (Å²) < 4.78 is 0. The highest BCUT2D eigenvalue weighted by atomic mass is 35.5. The van der Waals surface area contributed by atoms with Crippen LogP contribution in [0.1, 0.15) is 23.7 Å². The number of anilines is 1. The second-order valence-corrected chi connectivity index (χ2v) is 5.37. The molecule has 19 heavy (non-hydrogen) atoms. The smallest absolute Gasteiger partial charge is 0.253 e. The Morgan fingerprint density at radius 3 is 3.05 bits per heavy atom. The van der Waals surface area contributed by atoms with Gasteiger partial charge in [0.25, 0.3) is 5.91 Å². The van der Waals surface area contributed by atoms with Crippen LogP contribution in [0.15, 0.2) is 18.2 Å². The molecule has 0 saturated carbocycles. The first-order valence-electron chi connectivity index (χ1n) is 6.66. The Morgan fingerprint density at radius 2 is 2.37 bits per heavy atom. The molecule has 1 atom stereocenters. The standard InChI is InChI=1S/C14H20ClN3O/c1-2-18-7-6-10(9-18)8-17-14(19)11-4-3-5-12(15)13(11)16/h3-5,10H,2,6-9,16H2,1H3,(H,17,19). The number of halogens is 1. The predicted molar refractivity (Wildman–Crippen MR) is 78.4 cm³/mol. The zero-order valence-electron chi connectivity index (χ0n) is 11.2. The van der Waals surface area contributed by atoms with Crippen molar-refractivity contribution >= 4 is 23.2 Å². The van der Waals surface area contributed by atoms with Gasteiger partial charge < -0.3 is 16.0 Å². The highest BCUT2D eigenvalue weighted by molar-refractivity contribution is 6.33. The summed E-state index contributed by atoms with van der Waals surface area (Å²) in [5.41, 5.74) is 6.62. The van der Waals surface area contributed by atoms with Crippen molar-refractivity contribution in [3.05, 3.63) is 28.8 Å². The van der Waals surface area contributed by atoms with Crippen molar-refractivity contribution in [3.8, 4) is 0 Å². The largest absolute Gasteiger partial charge is 0.397 e. The van der Waals surface area contributed by atoms with E-state index < -0.39 is 0 Å². The number of likely N-dealkylation sites (tertiary alicyclic amines) is 1. The van der Waals surface area contributed by atoms with Gasteiger partial charge in [0.05, 0.1) is 16.3 Å². The third-order valence-electron chi connectivity index (χ3n) is 3.67. The molecule has 1 aliphatic rings. The molecule has 1 aromatic carbocycles. The Morgan fingerprint density at radius 1 is 1.58 bits per heavy atom. The van der Waals surface area contributed by atoms with Crippen molar-refractivity contribution in [2.24, 2.45) is 5.92 Å². The number of nitrogens with two attached hydrogens (primary N) is 1. The van der Waals surface area contributed by atoms with Crippen molar-refractivity contribution in [2.75, 3.05) is 31.9 Å². The van der Waals surface area contributed by atoms with E-state index in [2.05, 4.69) is 17.1 Å². The van der Waals surface area contributed by atoms with Crippen LogP contribution < -0.4 is 11.1 Å². The van der Waals surface area contributed by atoms with Crippen LogP contribution in [-0.4, -0.2) is 37.0 Å². The van der Waals surface area contributed by atoms with E-state index in [4.69, 9.17) is 17.3 Å². The van der Waals surface area contributed by atoms with Gasteiger partial charge in [0, 0.05) is 13.1 Å². The molecule has 1 amide bonds. The van der Waals surface area contributed by atoms with E-state index in [0.29, 0.717) is 28.7 Å². The van der Waals surface area contributed by atoms with Crippen LogP contribution in [0.2, 0.25) is 5.02 Å². The molecule has 1 saturated heterocycles. The van der Waals surface area contributed by atoms with Gasteiger partial charge in [0.15, 0.2) is 0 Å². The first-order valence-corrected chi connectivity index (χ1v) is 7.04. The van der Waals surface area contributed by atoms with Gasteiger partial charge in [-0.2, -0.15) is 0 Å². The number of carbonyl (C=O) groups is 1. The first kappa shape index (κ1) is 14.2. The average Bonchev–Trinajstić information content (AvgIpc) is 2.87. The van der Waals surface area contributed by atoms with Gasteiger partial charge in [-0.1, -0.05) is 24.6 Å². The number of para-hydroxylation sites is 1. The monoisotopic (exact) mass is 281 g/mol. The minimum absolute atomic E-state index is 0.144. The molecule has 0 bridgehead atoms. The summed E-state index contributed by atoms with van der Waals surface area (Å²) in [5.74, 6) is 0.388. The molecule has 0 radical (unpaired) electrons. The Balaban J connectivity index is 1.90. The zero-order valence-corrected chi connectivity index (χ0v) is 11.9. The van der Waals surface area contributed by atoms with E-state index >= 15 is 0 Å². The van der Waals surface area contributed by atoms with Gasteiger partial charge in [0.1, 0.15) is 0 Å². The molecular formula is C14H20ClN3O. The van der Waals surface area contributed by atoms with Gasteiger partial charge in [-0.25, -0.2) is 0 Å². The minimum Gasteiger partial charge on any atom is -0.397 e.